The molecule has 0 aliphatic carbocycles. The van der Waals surface area contributed by atoms with Gasteiger partial charge in [-0.15, -0.1) is 5.10 Å². The van der Waals surface area contributed by atoms with E-state index in [2.05, 4.69) is 26.2 Å². The van der Waals surface area contributed by atoms with E-state index in [4.69, 9.17) is 26.6 Å². The van der Waals surface area contributed by atoms with Crippen molar-refractivity contribution in [3.8, 4) is 5.69 Å². The number of halogens is 4. The number of carbonyl (C=O) groups excluding carboxylic acids is 2. The monoisotopic (exact) mass is 653 g/mol. The van der Waals surface area contributed by atoms with Gasteiger partial charge in [0.05, 0.1) is 18.2 Å². The van der Waals surface area contributed by atoms with Crippen LogP contribution in [0.5, 0.6) is 0 Å². The number of rotatable bonds is 10. The highest BCUT2D eigenvalue weighted by atomic mass is 35.5. The number of carbonyl (C=O) groups is 4. The fraction of sp³-hybridized carbons (Fsp3) is 0.393. The largest absolute Gasteiger partial charge is 0.490 e. The van der Waals surface area contributed by atoms with Crippen LogP contribution in [0.4, 0.5) is 13.2 Å². The number of hydrogen-bond donors (Lipinski definition) is 4. The minimum absolute atomic E-state index is 0.0565. The van der Waals surface area contributed by atoms with Crippen LogP contribution in [-0.2, 0) is 25.7 Å². The molecule has 1 aliphatic heterocycles. The number of tetrazole rings is 1. The van der Waals surface area contributed by atoms with Crippen molar-refractivity contribution in [3.63, 3.8) is 0 Å². The molecule has 0 saturated carbocycles. The van der Waals surface area contributed by atoms with Crippen LogP contribution in [0.1, 0.15) is 43.2 Å². The van der Waals surface area contributed by atoms with E-state index in [-0.39, 0.29) is 37.2 Å². The fourth-order valence-electron chi connectivity index (χ4n) is 4.72. The van der Waals surface area contributed by atoms with Gasteiger partial charge in [-0.3, -0.25) is 19.3 Å². The first-order chi connectivity index (χ1) is 21.3. The van der Waals surface area contributed by atoms with Crippen molar-refractivity contribution in [1.29, 1.82) is 0 Å². The smallest absolute Gasteiger partial charge is 0.481 e. The molecule has 45 heavy (non-hydrogen) atoms. The van der Waals surface area contributed by atoms with E-state index in [9.17, 15) is 27.6 Å². The number of piperidine rings is 1. The number of benzene rings is 2. The van der Waals surface area contributed by atoms with Gasteiger partial charge in [0.25, 0.3) is 0 Å². The first kappa shape index (κ1) is 34.9. The second-order valence-electron chi connectivity index (χ2n) is 10.1. The number of hydrogen-bond acceptors (Lipinski definition) is 8. The lowest BCUT2D eigenvalue weighted by Gasteiger charge is -2.39. The Morgan fingerprint density at radius 3 is 2.40 bits per heavy atom. The highest BCUT2D eigenvalue weighted by molar-refractivity contribution is 6.30. The molecule has 0 bridgehead atoms. The molecule has 1 aromatic heterocycles. The van der Waals surface area contributed by atoms with Crippen LogP contribution >= 0.6 is 11.6 Å². The van der Waals surface area contributed by atoms with Gasteiger partial charge in [0.15, 0.2) is 0 Å². The van der Waals surface area contributed by atoms with Crippen molar-refractivity contribution in [2.24, 2.45) is 0 Å². The topological polar surface area (TPSA) is 180 Å². The Hall–Kier alpha value is -4.57. The second-order valence-corrected chi connectivity index (χ2v) is 10.5. The highest BCUT2D eigenvalue weighted by Crippen LogP contribution is 2.32. The third-order valence-corrected chi connectivity index (χ3v) is 7.22. The van der Waals surface area contributed by atoms with E-state index >= 15 is 0 Å². The molecule has 3 atom stereocenters. The molecule has 0 radical (unpaired) electrons. The predicted molar refractivity (Wildman–Crippen MR) is 153 cm³/mol. The molecule has 3 aromatic rings. The number of carboxylic acids is 2. The second kappa shape index (κ2) is 15.9. The summed E-state index contributed by atoms with van der Waals surface area (Å²) in [7, 11) is 0. The summed E-state index contributed by atoms with van der Waals surface area (Å²) in [6, 6.07) is 13.8. The van der Waals surface area contributed by atoms with Crippen LogP contribution < -0.4 is 10.6 Å². The minimum Gasteiger partial charge on any atom is -0.481 e. The molecular weight excluding hydrogens is 623 g/mol. The summed E-state index contributed by atoms with van der Waals surface area (Å²) in [4.78, 5) is 48.2. The Morgan fingerprint density at radius 2 is 1.80 bits per heavy atom. The quantitative estimate of drug-likeness (QED) is 0.254. The van der Waals surface area contributed by atoms with Crippen LogP contribution in [0.2, 0.25) is 5.02 Å². The predicted octanol–water partition coefficient (Wildman–Crippen LogP) is 2.79. The van der Waals surface area contributed by atoms with Crippen molar-refractivity contribution < 1.29 is 42.6 Å². The number of nitrogens with zero attached hydrogens (tertiary/aromatic N) is 5. The van der Waals surface area contributed by atoms with E-state index in [1.165, 1.54) is 11.0 Å². The van der Waals surface area contributed by atoms with Gasteiger partial charge in [-0.1, -0.05) is 41.9 Å². The maximum absolute atomic E-state index is 13.4. The van der Waals surface area contributed by atoms with Crippen molar-refractivity contribution in [2.75, 3.05) is 13.1 Å². The van der Waals surface area contributed by atoms with Crippen molar-refractivity contribution >= 4 is 35.4 Å². The molecule has 17 heteroatoms. The summed E-state index contributed by atoms with van der Waals surface area (Å²) in [6.45, 7) is 2.63. The summed E-state index contributed by atoms with van der Waals surface area (Å²) < 4.78 is 33.2. The number of carboxylic acid groups (broad SMARTS) is 2. The summed E-state index contributed by atoms with van der Waals surface area (Å²) in [5, 5.41) is 33.6. The molecule has 242 valence electrons. The Balaban J connectivity index is 0.000000707. The molecule has 1 aliphatic rings. The van der Waals surface area contributed by atoms with Crippen molar-refractivity contribution in [2.45, 2.75) is 56.9 Å². The molecular formula is C28H31ClF3N7O6. The normalized spacial score (nSPS) is 17.4. The lowest BCUT2D eigenvalue weighted by molar-refractivity contribution is -0.192. The zero-order valence-corrected chi connectivity index (χ0v) is 24.7. The maximum Gasteiger partial charge on any atom is 0.490 e. The molecule has 2 amide bonds. The van der Waals surface area contributed by atoms with Gasteiger partial charge in [-0.25, -0.2) is 9.48 Å². The van der Waals surface area contributed by atoms with Crippen LogP contribution in [0.25, 0.3) is 5.69 Å². The number of aliphatic carboxylic acids is 2. The zero-order valence-electron chi connectivity index (χ0n) is 23.9. The number of alkyl halides is 3. The Kier molecular flexibility index (Phi) is 12.4. The molecule has 1 saturated heterocycles. The van der Waals surface area contributed by atoms with Gasteiger partial charge in [0.2, 0.25) is 11.8 Å². The third kappa shape index (κ3) is 10.5. The summed E-state index contributed by atoms with van der Waals surface area (Å²) >= 11 is 6.15. The van der Waals surface area contributed by atoms with Gasteiger partial charge >= 0.3 is 18.1 Å². The van der Waals surface area contributed by atoms with Gasteiger partial charge in [0.1, 0.15) is 12.4 Å². The maximum atomic E-state index is 13.4. The Morgan fingerprint density at radius 1 is 1.11 bits per heavy atom. The lowest BCUT2D eigenvalue weighted by Crippen LogP contribution is -2.55. The molecule has 2 aromatic carbocycles. The number of likely N-dealkylation sites (tertiary alicyclic amines) is 1. The number of amides is 2. The van der Waals surface area contributed by atoms with Gasteiger partial charge in [0, 0.05) is 18.1 Å². The standard InChI is InChI=1S/C26H30ClN7O4.C2HF3O2/c1-17(25(37)28-15-20-13-21(27)7-8-22(20)34-16-29-31-32-34)30-26(38)23-14-19(18-5-3-2-4-6-18)9-11-33(23)12-10-24(35)36;3-2(4,5)1(6)7/h2-8,13,16-17,19,23H,9-12,14-15H2,1H3,(H,28,37)(H,30,38)(H,35,36);(H,6,7)/t17-,19-,23+;/m0./s1. The molecule has 4 rings (SSSR count). The molecule has 1 fully saturated rings. The SMILES string of the molecule is C[C@H](NC(=O)[C@H]1C[C@@H](c2ccccc2)CCN1CCC(=O)O)C(=O)NCc1cc(Cl)ccc1-n1cnnn1.O=C(O)C(F)(F)F. The van der Waals surface area contributed by atoms with E-state index in [0.29, 0.717) is 29.2 Å². The first-order valence-electron chi connectivity index (χ1n) is 13.7. The van der Waals surface area contributed by atoms with Gasteiger partial charge in [-0.2, -0.15) is 13.2 Å². The fourth-order valence-corrected chi connectivity index (χ4v) is 4.92. The summed E-state index contributed by atoms with van der Waals surface area (Å²) in [5.41, 5.74) is 2.52. The third-order valence-electron chi connectivity index (χ3n) is 6.98. The average molecular weight is 654 g/mol. The molecule has 4 N–H and O–H groups in total. The van der Waals surface area contributed by atoms with E-state index in [1.54, 1.807) is 25.1 Å². The van der Waals surface area contributed by atoms with Crippen LogP contribution in [0.15, 0.2) is 54.9 Å². The average Bonchev–Trinajstić information content (AvgIpc) is 3.54. The first-order valence-corrected chi connectivity index (χ1v) is 14.0. The zero-order chi connectivity index (χ0) is 33.1. The number of nitrogens with one attached hydrogen (secondary N) is 2. The van der Waals surface area contributed by atoms with Crippen molar-refractivity contribution in [1.82, 2.24) is 35.7 Å². The van der Waals surface area contributed by atoms with Crippen molar-refractivity contribution in [3.05, 3.63) is 71.0 Å². The van der Waals surface area contributed by atoms with Gasteiger partial charge in [-0.05, 0) is 72.0 Å². The number of aromatic nitrogens is 4. The Labute approximate surface area is 260 Å². The highest BCUT2D eigenvalue weighted by Gasteiger charge is 2.38. The molecule has 2 heterocycles. The Bertz CT molecular complexity index is 1460. The van der Waals surface area contributed by atoms with Crippen LogP contribution in [-0.4, -0.2) is 90.4 Å². The molecule has 0 spiro atoms. The van der Waals surface area contributed by atoms with E-state index in [1.807, 2.05) is 35.2 Å². The summed E-state index contributed by atoms with van der Waals surface area (Å²) in [5.74, 6) is -4.16. The van der Waals surface area contributed by atoms with Gasteiger partial charge < -0.3 is 20.8 Å². The molecule has 0 unspecified atom stereocenters. The molecule has 13 nitrogen and oxygen atoms in total. The van der Waals surface area contributed by atoms with Crippen LogP contribution in [0.3, 0.4) is 0 Å². The summed E-state index contributed by atoms with van der Waals surface area (Å²) in [6.07, 6.45) is -2.33. The van der Waals surface area contributed by atoms with Crippen LogP contribution in [0, 0.1) is 0 Å². The minimum atomic E-state index is -5.08. The van der Waals surface area contributed by atoms with E-state index in [0.717, 1.165) is 12.0 Å². The van der Waals surface area contributed by atoms with E-state index < -0.39 is 30.2 Å². The lowest BCUT2D eigenvalue weighted by atomic mass is 9.84.